The molecule has 1 aliphatic rings. The number of likely N-dealkylation sites (tertiary alicyclic amines) is 1. The SMILES string of the molecule is CCOC(=O)N1CCC(NC(=NCC(=O)N(C)C)NCC(C)c2ccc(C)cc2)CC1. The molecule has 1 aromatic carbocycles. The molecule has 0 spiro atoms. The van der Waals surface area contributed by atoms with E-state index in [1.54, 1.807) is 19.0 Å². The minimum Gasteiger partial charge on any atom is -0.450 e. The highest BCUT2D eigenvalue weighted by Gasteiger charge is 2.24. The molecule has 1 heterocycles. The number of rotatable bonds is 7. The number of ether oxygens (including phenoxy) is 1. The van der Waals surface area contributed by atoms with Crippen LogP contribution in [-0.2, 0) is 9.53 Å². The molecule has 2 rings (SSSR count). The van der Waals surface area contributed by atoms with Gasteiger partial charge in [-0.05, 0) is 38.2 Å². The van der Waals surface area contributed by atoms with Crippen LogP contribution in [0.25, 0.3) is 0 Å². The smallest absolute Gasteiger partial charge is 0.409 e. The van der Waals surface area contributed by atoms with Crippen molar-refractivity contribution in [1.29, 1.82) is 0 Å². The van der Waals surface area contributed by atoms with Gasteiger partial charge in [0.15, 0.2) is 5.96 Å². The van der Waals surface area contributed by atoms with Gasteiger partial charge in [-0.3, -0.25) is 4.79 Å². The van der Waals surface area contributed by atoms with Gasteiger partial charge in [0.25, 0.3) is 0 Å². The summed E-state index contributed by atoms with van der Waals surface area (Å²) in [5, 5.41) is 6.84. The summed E-state index contributed by atoms with van der Waals surface area (Å²) < 4.78 is 5.09. The third kappa shape index (κ3) is 8.11. The number of carbonyl (C=O) groups excluding carboxylic acids is 2. The number of carbonyl (C=O) groups is 2. The van der Waals surface area contributed by atoms with E-state index in [0.29, 0.717) is 38.1 Å². The van der Waals surface area contributed by atoms with E-state index in [9.17, 15) is 9.59 Å². The van der Waals surface area contributed by atoms with E-state index in [4.69, 9.17) is 4.74 Å². The molecule has 1 aliphatic heterocycles. The Kier molecular flexibility index (Phi) is 9.62. The first kappa shape index (κ1) is 24.5. The fourth-order valence-electron chi connectivity index (χ4n) is 3.32. The Balaban J connectivity index is 1.95. The lowest BCUT2D eigenvalue weighted by atomic mass is 10.00. The predicted octanol–water partition coefficient (Wildman–Crippen LogP) is 2.34. The predicted molar refractivity (Wildman–Crippen MR) is 123 cm³/mol. The maximum absolute atomic E-state index is 12.0. The van der Waals surface area contributed by atoms with Crippen molar-refractivity contribution in [3.05, 3.63) is 35.4 Å². The van der Waals surface area contributed by atoms with Gasteiger partial charge in [-0.1, -0.05) is 36.8 Å². The zero-order chi connectivity index (χ0) is 22.8. The maximum Gasteiger partial charge on any atom is 0.409 e. The van der Waals surface area contributed by atoms with E-state index in [2.05, 4.69) is 53.7 Å². The molecule has 1 aromatic rings. The van der Waals surface area contributed by atoms with Gasteiger partial charge in [0.05, 0.1) is 6.61 Å². The summed E-state index contributed by atoms with van der Waals surface area (Å²) in [5.74, 6) is 0.872. The van der Waals surface area contributed by atoms with E-state index in [-0.39, 0.29) is 24.6 Å². The number of benzene rings is 1. The Hall–Kier alpha value is -2.77. The zero-order valence-electron chi connectivity index (χ0n) is 19.5. The minimum absolute atomic E-state index is 0.0511. The standard InChI is InChI=1S/C23H37N5O3/c1-6-31-23(30)28-13-11-20(12-14-28)26-22(25-16-21(29)27(4)5)24-15-18(3)19-9-7-17(2)8-10-19/h7-10,18,20H,6,11-16H2,1-5H3,(H2,24,25,26). The molecule has 8 heteroatoms. The van der Waals surface area contributed by atoms with Gasteiger partial charge in [0.2, 0.25) is 5.91 Å². The summed E-state index contributed by atoms with van der Waals surface area (Å²) in [6, 6.07) is 8.71. The second-order valence-electron chi connectivity index (χ2n) is 8.25. The highest BCUT2D eigenvalue weighted by Crippen LogP contribution is 2.15. The van der Waals surface area contributed by atoms with Crippen LogP contribution >= 0.6 is 0 Å². The zero-order valence-corrected chi connectivity index (χ0v) is 19.5. The summed E-state index contributed by atoms with van der Waals surface area (Å²) in [4.78, 5) is 31.7. The molecule has 0 aliphatic carbocycles. The van der Waals surface area contributed by atoms with Crippen LogP contribution in [0.1, 0.15) is 43.7 Å². The molecule has 0 saturated carbocycles. The fraction of sp³-hybridized carbons (Fsp3) is 0.609. The second-order valence-corrected chi connectivity index (χ2v) is 8.25. The molecular weight excluding hydrogens is 394 g/mol. The fourth-order valence-corrected chi connectivity index (χ4v) is 3.32. The van der Waals surface area contributed by atoms with Crippen LogP contribution in [0, 0.1) is 6.92 Å². The third-order valence-corrected chi connectivity index (χ3v) is 5.46. The third-order valence-electron chi connectivity index (χ3n) is 5.46. The van der Waals surface area contributed by atoms with Crippen molar-refractivity contribution in [2.75, 3.05) is 46.9 Å². The lowest BCUT2D eigenvalue weighted by Crippen LogP contribution is -2.50. The van der Waals surface area contributed by atoms with Crippen LogP contribution in [0.5, 0.6) is 0 Å². The first-order valence-corrected chi connectivity index (χ1v) is 11.0. The van der Waals surface area contributed by atoms with Crippen molar-refractivity contribution < 1.29 is 14.3 Å². The van der Waals surface area contributed by atoms with E-state index < -0.39 is 0 Å². The van der Waals surface area contributed by atoms with Crippen LogP contribution in [0.2, 0.25) is 0 Å². The Morgan fingerprint density at radius 2 is 1.87 bits per heavy atom. The normalized spacial score (nSPS) is 15.9. The maximum atomic E-state index is 12.0. The van der Waals surface area contributed by atoms with E-state index >= 15 is 0 Å². The molecule has 1 saturated heterocycles. The molecule has 172 valence electrons. The van der Waals surface area contributed by atoms with Gasteiger partial charge >= 0.3 is 6.09 Å². The number of hydrogen-bond donors (Lipinski definition) is 2. The van der Waals surface area contributed by atoms with Crippen molar-refractivity contribution in [2.24, 2.45) is 4.99 Å². The Morgan fingerprint density at radius 1 is 1.23 bits per heavy atom. The highest BCUT2D eigenvalue weighted by molar-refractivity contribution is 5.85. The number of hydrogen-bond acceptors (Lipinski definition) is 4. The molecule has 2 amide bonds. The van der Waals surface area contributed by atoms with Crippen molar-refractivity contribution in [2.45, 2.75) is 45.6 Å². The Labute approximate surface area is 186 Å². The molecule has 31 heavy (non-hydrogen) atoms. The van der Waals surface area contributed by atoms with E-state index in [0.717, 1.165) is 12.8 Å². The van der Waals surface area contributed by atoms with Gasteiger partial charge in [-0.15, -0.1) is 0 Å². The molecular formula is C23H37N5O3. The van der Waals surface area contributed by atoms with Gasteiger partial charge < -0.3 is 25.2 Å². The first-order valence-electron chi connectivity index (χ1n) is 11.0. The van der Waals surface area contributed by atoms with Crippen LogP contribution in [-0.4, -0.2) is 80.7 Å². The number of guanidine groups is 1. The monoisotopic (exact) mass is 431 g/mol. The number of nitrogens with zero attached hydrogens (tertiary/aromatic N) is 3. The lowest BCUT2D eigenvalue weighted by molar-refractivity contribution is -0.127. The summed E-state index contributed by atoms with van der Waals surface area (Å²) >= 11 is 0. The van der Waals surface area contributed by atoms with Crippen LogP contribution in [0.4, 0.5) is 4.79 Å². The van der Waals surface area contributed by atoms with E-state index in [1.807, 2.05) is 6.92 Å². The molecule has 1 atom stereocenters. The Morgan fingerprint density at radius 3 is 2.45 bits per heavy atom. The Bertz CT molecular complexity index is 740. The van der Waals surface area contributed by atoms with Crippen molar-refractivity contribution >= 4 is 18.0 Å². The molecule has 0 aromatic heterocycles. The second kappa shape index (κ2) is 12.2. The number of likely N-dealkylation sites (N-methyl/N-ethyl adjacent to an activating group) is 1. The average molecular weight is 432 g/mol. The summed E-state index contributed by atoms with van der Waals surface area (Å²) in [7, 11) is 3.45. The average Bonchev–Trinajstić information content (AvgIpc) is 2.76. The van der Waals surface area contributed by atoms with Crippen LogP contribution in [0.3, 0.4) is 0 Å². The van der Waals surface area contributed by atoms with Crippen LogP contribution < -0.4 is 10.6 Å². The largest absolute Gasteiger partial charge is 0.450 e. The van der Waals surface area contributed by atoms with Gasteiger partial charge in [0, 0.05) is 39.8 Å². The minimum atomic E-state index is -0.253. The number of nitrogens with one attached hydrogen (secondary N) is 2. The first-order chi connectivity index (χ1) is 14.8. The molecule has 0 radical (unpaired) electrons. The van der Waals surface area contributed by atoms with E-state index in [1.165, 1.54) is 16.0 Å². The highest BCUT2D eigenvalue weighted by atomic mass is 16.6. The van der Waals surface area contributed by atoms with Gasteiger partial charge in [0.1, 0.15) is 6.54 Å². The lowest BCUT2D eigenvalue weighted by Gasteiger charge is -2.32. The van der Waals surface area contributed by atoms with Gasteiger partial charge in [-0.2, -0.15) is 0 Å². The summed E-state index contributed by atoms with van der Waals surface area (Å²) in [6.07, 6.45) is 1.35. The van der Waals surface area contributed by atoms with Crippen molar-refractivity contribution in [3.63, 3.8) is 0 Å². The molecule has 1 unspecified atom stereocenters. The number of amides is 2. The van der Waals surface area contributed by atoms with Crippen LogP contribution in [0.15, 0.2) is 29.3 Å². The summed E-state index contributed by atoms with van der Waals surface area (Å²) in [5.41, 5.74) is 2.49. The molecule has 2 N–H and O–H groups in total. The molecule has 0 bridgehead atoms. The van der Waals surface area contributed by atoms with Crippen molar-refractivity contribution in [3.8, 4) is 0 Å². The number of aryl methyl sites for hydroxylation is 1. The number of piperidine rings is 1. The summed E-state index contributed by atoms with van der Waals surface area (Å²) in [6.45, 7) is 8.51. The van der Waals surface area contributed by atoms with Crippen molar-refractivity contribution in [1.82, 2.24) is 20.4 Å². The number of aliphatic imine (C=N–C) groups is 1. The molecule has 1 fully saturated rings. The van der Waals surface area contributed by atoms with Gasteiger partial charge in [-0.25, -0.2) is 9.79 Å². The quantitative estimate of drug-likeness (QED) is 0.511. The molecule has 8 nitrogen and oxygen atoms in total. The topological polar surface area (TPSA) is 86.3 Å².